The van der Waals surface area contributed by atoms with Gasteiger partial charge in [0, 0.05) is 24.3 Å². The number of hydrogen-bond acceptors (Lipinski definition) is 5. The molecular weight excluding hydrogens is 294 g/mol. The quantitative estimate of drug-likeness (QED) is 0.773. The first-order chi connectivity index (χ1) is 11.2. The number of nitrogens with zero attached hydrogens (tertiary/aromatic N) is 1. The fourth-order valence-corrected chi connectivity index (χ4v) is 2.24. The Morgan fingerprint density at radius 2 is 2.22 bits per heavy atom. The Bertz CT molecular complexity index is 904. The minimum Gasteiger partial charge on any atom is -0.493 e. The molecule has 1 aromatic carbocycles. The summed E-state index contributed by atoms with van der Waals surface area (Å²) < 4.78 is 10.7. The van der Waals surface area contributed by atoms with Gasteiger partial charge >= 0.3 is 0 Å². The van der Waals surface area contributed by atoms with Crippen LogP contribution in [-0.2, 0) is 6.54 Å². The Balaban J connectivity index is 1.89. The van der Waals surface area contributed by atoms with Gasteiger partial charge in [-0.05, 0) is 23.8 Å². The highest BCUT2D eigenvalue weighted by Gasteiger charge is 2.13. The zero-order valence-electron chi connectivity index (χ0n) is 12.5. The molecule has 1 amide bonds. The molecule has 3 rings (SSSR count). The molecule has 6 nitrogen and oxygen atoms in total. The standard InChI is InChI=1S/C17H15N3O3/c1-22-14-6-2-5-12-8-13(16(18)23-15(12)14)17(21)20-10-11-4-3-7-19-9-11/h2-9,18H,10H2,1H3,(H,20,21). The highest BCUT2D eigenvalue weighted by Crippen LogP contribution is 2.24. The normalized spacial score (nSPS) is 10.5. The summed E-state index contributed by atoms with van der Waals surface area (Å²) in [6, 6.07) is 10.6. The molecule has 0 saturated heterocycles. The van der Waals surface area contributed by atoms with E-state index in [0.717, 1.165) is 5.56 Å². The summed E-state index contributed by atoms with van der Waals surface area (Å²) in [5.41, 5.74) is 1.30. The number of amides is 1. The van der Waals surface area contributed by atoms with Crippen LogP contribution in [0.4, 0.5) is 0 Å². The molecule has 23 heavy (non-hydrogen) atoms. The maximum atomic E-state index is 12.3. The summed E-state index contributed by atoms with van der Waals surface area (Å²) in [6.07, 6.45) is 3.35. The molecule has 0 bridgehead atoms. The van der Waals surface area contributed by atoms with Crippen molar-refractivity contribution in [2.75, 3.05) is 7.11 Å². The second kappa shape index (κ2) is 6.31. The summed E-state index contributed by atoms with van der Waals surface area (Å²) in [7, 11) is 1.53. The van der Waals surface area contributed by atoms with E-state index in [-0.39, 0.29) is 17.0 Å². The number of rotatable bonds is 4. The van der Waals surface area contributed by atoms with Gasteiger partial charge < -0.3 is 14.5 Å². The summed E-state index contributed by atoms with van der Waals surface area (Å²) in [5, 5.41) is 11.4. The summed E-state index contributed by atoms with van der Waals surface area (Å²) in [5.74, 6) is 0.158. The Hall–Kier alpha value is -3.15. The molecule has 0 atom stereocenters. The zero-order valence-corrected chi connectivity index (χ0v) is 12.5. The van der Waals surface area contributed by atoms with Crippen LogP contribution in [0.25, 0.3) is 11.0 Å². The molecular formula is C17H15N3O3. The van der Waals surface area contributed by atoms with E-state index in [1.54, 1.807) is 42.7 Å². The molecule has 2 N–H and O–H groups in total. The van der Waals surface area contributed by atoms with E-state index in [0.29, 0.717) is 23.3 Å². The number of methoxy groups -OCH3 is 1. The van der Waals surface area contributed by atoms with Crippen molar-refractivity contribution >= 4 is 16.9 Å². The molecule has 2 aromatic heterocycles. The highest BCUT2D eigenvalue weighted by molar-refractivity contribution is 5.97. The van der Waals surface area contributed by atoms with Gasteiger partial charge in [0.05, 0.1) is 7.11 Å². The number of carbonyl (C=O) groups excluding carboxylic acids is 1. The molecule has 0 fully saturated rings. The largest absolute Gasteiger partial charge is 0.493 e. The molecule has 0 radical (unpaired) electrons. The number of fused-ring (bicyclic) bond motifs is 1. The van der Waals surface area contributed by atoms with Crippen LogP contribution in [0, 0.1) is 5.41 Å². The Morgan fingerprint density at radius 3 is 2.96 bits per heavy atom. The van der Waals surface area contributed by atoms with E-state index in [4.69, 9.17) is 14.6 Å². The summed E-state index contributed by atoms with van der Waals surface area (Å²) in [4.78, 5) is 16.3. The second-order valence-corrected chi connectivity index (χ2v) is 4.91. The zero-order chi connectivity index (χ0) is 16.2. The average molecular weight is 309 g/mol. The molecule has 6 heteroatoms. The number of nitrogens with one attached hydrogen (secondary N) is 2. The first kappa shape index (κ1) is 14.8. The Kier molecular flexibility index (Phi) is 4.05. The van der Waals surface area contributed by atoms with Gasteiger partial charge in [0.15, 0.2) is 11.3 Å². The van der Waals surface area contributed by atoms with E-state index >= 15 is 0 Å². The fourth-order valence-electron chi connectivity index (χ4n) is 2.24. The topological polar surface area (TPSA) is 88.2 Å². The number of para-hydroxylation sites is 1. The van der Waals surface area contributed by atoms with E-state index in [2.05, 4.69) is 10.3 Å². The molecule has 116 valence electrons. The molecule has 2 heterocycles. The smallest absolute Gasteiger partial charge is 0.257 e. The number of hydrogen-bond donors (Lipinski definition) is 2. The third-order valence-electron chi connectivity index (χ3n) is 3.40. The minimum absolute atomic E-state index is 0.176. The van der Waals surface area contributed by atoms with Crippen molar-refractivity contribution in [3.63, 3.8) is 0 Å². The van der Waals surface area contributed by atoms with Crippen molar-refractivity contribution in [1.82, 2.24) is 10.3 Å². The summed E-state index contributed by atoms with van der Waals surface area (Å²) >= 11 is 0. The number of pyridine rings is 1. The van der Waals surface area contributed by atoms with Crippen LogP contribution in [0.2, 0.25) is 0 Å². The molecule has 0 unspecified atom stereocenters. The first-order valence-corrected chi connectivity index (χ1v) is 7.01. The van der Waals surface area contributed by atoms with Gasteiger partial charge in [-0.25, -0.2) is 0 Å². The van der Waals surface area contributed by atoms with Crippen LogP contribution in [0.1, 0.15) is 15.9 Å². The van der Waals surface area contributed by atoms with Crippen molar-refractivity contribution in [2.45, 2.75) is 6.54 Å². The van der Waals surface area contributed by atoms with Gasteiger partial charge in [-0.1, -0.05) is 18.2 Å². The van der Waals surface area contributed by atoms with Crippen LogP contribution >= 0.6 is 0 Å². The van der Waals surface area contributed by atoms with Gasteiger partial charge in [0.2, 0.25) is 5.55 Å². The number of ether oxygens (including phenoxy) is 1. The second-order valence-electron chi connectivity index (χ2n) is 4.91. The van der Waals surface area contributed by atoms with E-state index in [1.807, 2.05) is 6.07 Å². The van der Waals surface area contributed by atoms with Crippen molar-refractivity contribution in [3.8, 4) is 5.75 Å². The van der Waals surface area contributed by atoms with Gasteiger partial charge in [0.25, 0.3) is 5.91 Å². The van der Waals surface area contributed by atoms with E-state index in [1.165, 1.54) is 7.11 Å². The minimum atomic E-state index is -0.368. The van der Waals surface area contributed by atoms with Crippen LogP contribution in [0.5, 0.6) is 5.75 Å². The Morgan fingerprint density at radius 1 is 1.35 bits per heavy atom. The average Bonchev–Trinajstić information content (AvgIpc) is 2.59. The lowest BCUT2D eigenvalue weighted by Gasteiger charge is -2.08. The molecule has 0 spiro atoms. The predicted octanol–water partition coefficient (Wildman–Crippen LogP) is 2.25. The summed E-state index contributed by atoms with van der Waals surface area (Å²) in [6.45, 7) is 0.336. The maximum absolute atomic E-state index is 12.3. The Labute approximate surface area is 132 Å². The van der Waals surface area contributed by atoms with Gasteiger partial charge in [-0.15, -0.1) is 0 Å². The third kappa shape index (κ3) is 3.06. The first-order valence-electron chi connectivity index (χ1n) is 7.01. The van der Waals surface area contributed by atoms with E-state index < -0.39 is 0 Å². The number of benzene rings is 1. The van der Waals surface area contributed by atoms with Crippen LogP contribution in [0.3, 0.4) is 0 Å². The molecule has 0 aliphatic carbocycles. The van der Waals surface area contributed by atoms with Gasteiger partial charge in [0.1, 0.15) is 5.56 Å². The molecule has 0 aliphatic rings. The van der Waals surface area contributed by atoms with Crippen LogP contribution in [-0.4, -0.2) is 18.0 Å². The lowest BCUT2D eigenvalue weighted by Crippen LogP contribution is -2.28. The fraction of sp³-hybridized carbons (Fsp3) is 0.118. The number of aromatic nitrogens is 1. The molecule has 0 aliphatic heterocycles. The number of carbonyl (C=O) groups is 1. The van der Waals surface area contributed by atoms with Gasteiger partial charge in [-0.2, -0.15) is 0 Å². The monoisotopic (exact) mass is 309 g/mol. The molecule has 0 saturated carbocycles. The SMILES string of the molecule is COc1cccc2cc(C(=O)NCc3cccnc3)c(=N)oc12. The van der Waals surface area contributed by atoms with Crippen LogP contribution in [0.15, 0.2) is 53.2 Å². The van der Waals surface area contributed by atoms with Gasteiger partial charge in [-0.3, -0.25) is 15.2 Å². The maximum Gasteiger partial charge on any atom is 0.257 e. The predicted molar refractivity (Wildman–Crippen MR) is 84.0 cm³/mol. The lowest BCUT2D eigenvalue weighted by atomic mass is 10.1. The van der Waals surface area contributed by atoms with E-state index in [9.17, 15) is 4.79 Å². The van der Waals surface area contributed by atoms with Crippen molar-refractivity contribution < 1.29 is 13.9 Å². The van der Waals surface area contributed by atoms with Crippen LogP contribution < -0.4 is 15.6 Å². The van der Waals surface area contributed by atoms with Crippen molar-refractivity contribution in [1.29, 1.82) is 5.41 Å². The van der Waals surface area contributed by atoms with Crippen molar-refractivity contribution in [2.24, 2.45) is 0 Å². The third-order valence-corrected chi connectivity index (χ3v) is 3.40. The molecule has 3 aromatic rings. The van der Waals surface area contributed by atoms with Crippen molar-refractivity contribution in [3.05, 3.63) is 65.5 Å². The highest BCUT2D eigenvalue weighted by atomic mass is 16.5. The lowest BCUT2D eigenvalue weighted by molar-refractivity contribution is 0.0946.